The Kier molecular flexibility index (Phi) is 4.10. The first-order valence-electron chi connectivity index (χ1n) is 7.72. The first-order valence-corrected chi connectivity index (χ1v) is 7.72. The highest BCUT2D eigenvalue weighted by Gasteiger charge is 2.27. The van der Waals surface area contributed by atoms with E-state index in [0.717, 1.165) is 5.56 Å². The molecule has 23 heavy (non-hydrogen) atoms. The van der Waals surface area contributed by atoms with E-state index in [0.29, 0.717) is 29.5 Å². The standard InChI is InChI=1S/C18H20N4O/c1-12(2)16-7-4-8-22(16)18(23)14-6-3-5-13(9-14)15-10-21-17(19)11-20-15/h3-7,9-12,16H,8H2,1-2H3,(H2,19,21)/t16-/m0/s1. The summed E-state index contributed by atoms with van der Waals surface area (Å²) in [6.45, 7) is 4.91. The van der Waals surface area contributed by atoms with Crippen molar-refractivity contribution in [2.75, 3.05) is 12.3 Å². The third kappa shape index (κ3) is 3.08. The summed E-state index contributed by atoms with van der Waals surface area (Å²) in [5.41, 5.74) is 7.79. The van der Waals surface area contributed by atoms with Crippen LogP contribution in [0.25, 0.3) is 11.3 Å². The lowest BCUT2D eigenvalue weighted by Gasteiger charge is -2.27. The molecule has 1 aliphatic rings. The van der Waals surface area contributed by atoms with Gasteiger partial charge >= 0.3 is 0 Å². The summed E-state index contributed by atoms with van der Waals surface area (Å²) in [7, 11) is 0. The first-order chi connectivity index (χ1) is 11.1. The Balaban J connectivity index is 1.88. The van der Waals surface area contributed by atoms with Gasteiger partial charge < -0.3 is 10.6 Å². The predicted molar refractivity (Wildman–Crippen MR) is 90.7 cm³/mol. The minimum Gasteiger partial charge on any atom is -0.382 e. The number of nitrogens with zero attached hydrogens (tertiary/aromatic N) is 3. The fourth-order valence-electron chi connectivity index (χ4n) is 2.80. The van der Waals surface area contributed by atoms with Gasteiger partial charge in [0.2, 0.25) is 0 Å². The van der Waals surface area contributed by atoms with Gasteiger partial charge in [0.1, 0.15) is 5.82 Å². The number of anilines is 1. The molecule has 3 rings (SSSR count). The molecule has 5 heteroatoms. The third-order valence-electron chi connectivity index (χ3n) is 4.02. The lowest BCUT2D eigenvalue weighted by Crippen LogP contribution is -2.39. The van der Waals surface area contributed by atoms with Crippen molar-refractivity contribution in [1.82, 2.24) is 14.9 Å². The van der Waals surface area contributed by atoms with Crippen LogP contribution in [0.3, 0.4) is 0 Å². The molecule has 0 bridgehead atoms. The van der Waals surface area contributed by atoms with Gasteiger partial charge in [-0.1, -0.05) is 38.1 Å². The average Bonchev–Trinajstić information content (AvgIpc) is 3.05. The monoisotopic (exact) mass is 308 g/mol. The molecule has 1 atom stereocenters. The van der Waals surface area contributed by atoms with Gasteiger partial charge in [-0.05, 0) is 18.1 Å². The van der Waals surface area contributed by atoms with Gasteiger partial charge in [0.25, 0.3) is 5.91 Å². The van der Waals surface area contributed by atoms with Crippen molar-refractivity contribution in [2.24, 2.45) is 5.92 Å². The van der Waals surface area contributed by atoms with E-state index in [2.05, 4.69) is 36.0 Å². The van der Waals surface area contributed by atoms with Crippen LogP contribution in [-0.4, -0.2) is 33.4 Å². The molecule has 0 spiro atoms. The molecular formula is C18H20N4O. The van der Waals surface area contributed by atoms with Crippen LogP contribution < -0.4 is 5.73 Å². The van der Waals surface area contributed by atoms with Crippen LogP contribution in [0.4, 0.5) is 5.82 Å². The number of rotatable bonds is 3. The molecule has 118 valence electrons. The zero-order valence-corrected chi connectivity index (χ0v) is 13.3. The molecule has 1 aliphatic heterocycles. The quantitative estimate of drug-likeness (QED) is 0.885. The Labute approximate surface area is 135 Å². The van der Waals surface area contributed by atoms with Gasteiger partial charge in [-0.2, -0.15) is 0 Å². The second-order valence-corrected chi connectivity index (χ2v) is 6.03. The van der Waals surface area contributed by atoms with E-state index in [-0.39, 0.29) is 11.9 Å². The van der Waals surface area contributed by atoms with E-state index in [1.807, 2.05) is 29.2 Å². The molecule has 1 aromatic heterocycles. The van der Waals surface area contributed by atoms with E-state index in [1.165, 1.54) is 6.20 Å². The van der Waals surface area contributed by atoms with E-state index in [1.54, 1.807) is 6.20 Å². The van der Waals surface area contributed by atoms with Crippen molar-refractivity contribution < 1.29 is 4.79 Å². The van der Waals surface area contributed by atoms with Crippen molar-refractivity contribution in [1.29, 1.82) is 0 Å². The highest BCUT2D eigenvalue weighted by Crippen LogP contribution is 2.23. The number of benzene rings is 1. The van der Waals surface area contributed by atoms with Crippen molar-refractivity contribution in [3.05, 3.63) is 54.4 Å². The number of hydrogen-bond acceptors (Lipinski definition) is 4. The van der Waals surface area contributed by atoms with Crippen LogP contribution >= 0.6 is 0 Å². The number of nitrogen functional groups attached to an aromatic ring is 1. The maximum atomic E-state index is 12.8. The molecule has 5 nitrogen and oxygen atoms in total. The molecule has 0 saturated heterocycles. The van der Waals surface area contributed by atoms with Crippen LogP contribution in [0.1, 0.15) is 24.2 Å². The fraction of sp³-hybridized carbons (Fsp3) is 0.278. The molecule has 0 radical (unpaired) electrons. The zero-order chi connectivity index (χ0) is 16.4. The summed E-state index contributed by atoms with van der Waals surface area (Å²) < 4.78 is 0. The predicted octanol–water partition coefficient (Wildman–Crippen LogP) is 2.76. The van der Waals surface area contributed by atoms with Crippen molar-refractivity contribution >= 4 is 11.7 Å². The summed E-state index contributed by atoms with van der Waals surface area (Å²) in [6, 6.07) is 7.64. The lowest BCUT2D eigenvalue weighted by atomic mass is 10.0. The molecule has 2 aromatic rings. The summed E-state index contributed by atoms with van der Waals surface area (Å²) in [5.74, 6) is 0.812. The van der Waals surface area contributed by atoms with E-state index >= 15 is 0 Å². The van der Waals surface area contributed by atoms with E-state index in [4.69, 9.17) is 5.73 Å². The summed E-state index contributed by atoms with van der Waals surface area (Å²) in [6.07, 6.45) is 7.30. The van der Waals surface area contributed by atoms with Crippen molar-refractivity contribution in [3.8, 4) is 11.3 Å². The topological polar surface area (TPSA) is 72.1 Å². The van der Waals surface area contributed by atoms with Gasteiger partial charge in [-0.25, -0.2) is 4.98 Å². The molecule has 1 aromatic carbocycles. The summed E-state index contributed by atoms with van der Waals surface area (Å²) >= 11 is 0. The number of nitrogens with two attached hydrogens (primary N) is 1. The highest BCUT2D eigenvalue weighted by molar-refractivity contribution is 5.96. The molecular weight excluding hydrogens is 288 g/mol. The summed E-state index contributed by atoms with van der Waals surface area (Å²) in [4.78, 5) is 23.0. The van der Waals surface area contributed by atoms with Crippen molar-refractivity contribution in [3.63, 3.8) is 0 Å². The minimum atomic E-state index is 0.0407. The largest absolute Gasteiger partial charge is 0.382 e. The minimum absolute atomic E-state index is 0.0407. The molecule has 0 fully saturated rings. The number of carbonyl (C=O) groups is 1. The maximum absolute atomic E-state index is 12.8. The first kappa shape index (κ1) is 15.2. The fourth-order valence-corrected chi connectivity index (χ4v) is 2.80. The van der Waals surface area contributed by atoms with Gasteiger partial charge in [0.15, 0.2) is 0 Å². The van der Waals surface area contributed by atoms with Crippen LogP contribution in [0, 0.1) is 5.92 Å². The van der Waals surface area contributed by atoms with Gasteiger partial charge in [-0.3, -0.25) is 9.78 Å². The molecule has 0 aliphatic carbocycles. The molecule has 0 unspecified atom stereocenters. The molecule has 2 heterocycles. The molecule has 2 N–H and O–H groups in total. The number of amides is 1. The van der Waals surface area contributed by atoms with Crippen LogP contribution in [0.2, 0.25) is 0 Å². The van der Waals surface area contributed by atoms with Crippen molar-refractivity contribution in [2.45, 2.75) is 19.9 Å². The van der Waals surface area contributed by atoms with Gasteiger partial charge in [0, 0.05) is 17.7 Å². The smallest absolute Gasteiger partial charge is 0.254 e. The number of carbonyl (C=O) groups excluding carboxylic acids is 1. The Morgan fingerprint density at radius 3 is 2.83 bits per heavy atom. The van der Waals surface area contributed by atoms with Gasteiger partial charge in [-0.15, -0.1) is 0 Å². The second kappa shape index (κ2) is 6.20. The Morgan fingerprint density at radius 2 is 2.13 bits per heavy atom. The lowest BCUT2D eigenvalue weighted by molar-refractivity contribution is 0.0720. The SMILES string of the molecule is CC(C)[C@@H]1C=CCN1C(=O)c1cccc(-c2cnc(N)cn2)c1. The molecule has 0 saturated carbocycles. The maximum Gasteiger partial charge on any atom is 0.254 e. The van der Waals surface area contributed by atoms with Gasteiger partial charge in [0.05, 0.1) is 24.1 Å². The van der Waals surface area contributed by atoms with Crippen LogP contribution in [0.15, 0.2) is 48.8 Å². The third-order valence-corrected chi connectivity index (χ3v) is 4.02. The highest BCUT2D eigenvalue weighted by atomic mass is 16.2. The van der Waals surface area contributed by atoms with Crippen LogP contribution in [-0.2, 0) is 0 Å². The Morgan fingerprint density at radius 1 is 1.30 bits per heavy atom. The average molecular weight is 308 g/mol. The zero-order valence-electron chi connectivity index (χ0n) is 13.3. The summed E-state index contributed by atoms with van der Waals surface area (Å²) in [5, 5.41) is 0. The van der Waals surface area contributed by atoms with E-state index < -0.39 is 0 Å². The second-order valence-electron chi connectivity index (χ2n) is 6.03. The normalized spacial score (nSPS) is 17.0. The number of hydrogen-bond donors (Lipinski definition) is 1. The number of aromatic nitrogens is 2. The Bertz CT molecular complexity index is 737. The van der Waals surface area contributed by atoms with Crippen LogP contribution in [0.5, 0.6) is 0 Å². The van der Waals surface area contributed by atoms with E-state index in [9.17, 15) is 4.79 Å². The Hall–Kier alpha value is -2.69. The molecule has 1 amide bonds.